The summed E-state index contributed by atoms with van der Waals surface area (Å²) >= 11 is 0. The molecule has 0 aliphatic heterocycles. The number of hydrogen-bond donors (Lipinski definition) is 2. The zero-order valence-corrected chi connectivity index (χ0v) is 25.4. The molecule has 0 fully saturated rings. The molecule has 0 aromatic heterocycles. The van der Waals surface area contributed by atoms with E-state index in [2.05, 4.69) is 47.7 Å². The van der Waals surface area contributed by atoms with Crippen LogP contribution in [-0.4, -0.2) is 61.6 Å². The normalized spacial score (nSPS) is 18.2. The van der Waals surface area contributed by atoms with Gasteiger partial charge in [-0.05, 0) is 45.3 Å². The molecule has 7 heteroatoms. The van der Waals surface area contributed by atoms with E-state index in [1.54, 1.807) is 34.6 Å². The fourth-order valence-electron chi connectivity index (χ4n) is 3.73. The largest absolute Gasteiger partial charge is 0.460 e. The van der Waals surface area contributed by atoms with Crippen LogP contribution in [-0.2, 0) is 18.7 Å². The fraction of sp³-hybridized carbons (Fsp3) is 0.963. The summed E-state index contributed by atoms with van der Waals surface area (Å²) in [5, 5.41) is 22.4. The Labute approximate surface area is 211 Å². The van der Waals surface area contributed by atoms with Gasteiger partial charge in [0.15, 0.2) is 8.32 Å². The van der Waals surface area contributed by atoms with Crippen LogP contribution in [0.25, 0.3) is 0 Å². The first-order valence-electron chi connectivity index (χ1n) is 13.0. The van der Waals surface area contributed by atoms with E-state index in [9.17, 15) is 15.0 Å². The first-order valence-corrected chi connectivity index (χ1v) is 15.9. The Kier molecular flexibility index (Phi) is 13.0. The minimum atomic E-state index is -2.14. The Morgan fingerprint density at radius 1 is 0.971 bits per heavy atom. The van der Waals surface area contributed by atoms with E-state index in [1.165, 1.54) is 0 Å². The van der Waals surface area contributed by atoms with E-state index in [4.69, 9.17) is 13.9 Å². The number of carbonyl (C=O) groups excluding carboxylic acids is 1. The first-order chi connectivity index (χ1) is 15.2. The number of carbonyl (C=O) groups is 1. The lowest BCUT2D eigenvalue weighted by atomic mass is 9.72. The van der Waals surface area contributed by atoms with Crippen molar-refractivity contribution in [3.05, 3.63) is 0 Å². The van der Waals surface area contributed by atoms with Gasteiger partial charge in [-0.25, -0.2) is 0 Å². The molecule has 0 aliphatic rings. The first kappa shape index (κ1) is 33.5. The average Bonchev–Trinajstić information content (AvgIpc) is 2.65. The standard InChI is InChI=1S/C27H56O6Si/c1-14-15-16-31-18-19(2)23(33-34(12,13)26(7,8)9)20(3)24(30)27(10,11)21(28)17-22(29)32-25(4,5)6/h19-21,23-24,28,30H,14-18H2,1-13H3/t19-,20+,21-,23-,24-/m0/s1. The molecular formula is C27H56O6Si. The zero-order chi connectivity index (χ0) is 27.1. The van der Waals surface area contributed by atoms with Crippen LogP contribution in [0.5, 0.6) is 0 Å². The molecule has 0 heterocycles. The molecule has 0 rings (SSSR count). The highest BCUT2D eigenvalue weighted by molar-refractivity contribution is 6.74. The Hall–Kier alpha value is -0.473. The van der Waals surface area contributed by atoms with Gasteiger partial charge in [0.05, 0.1) is 31.3 Å². The summed E-state index contributed by atoms with van der Waals surface area (Å²) in [6.45, 7) is 27.5. The third-order valence-electron chi connectivity index (χ3n) is 7.24. The Bertz CT molecular complexity index is 605. The van der Waals surface area contributed by atoms with Crippen molar-refractivity contribution < 1.29 is 28.9 Å². The molecule has 0 spiro atoms. The van der Waals surface area contributed by atoms with Crippen molar-refractivity contribution in [2.75, 3.05) is 13.2 Å². The van der Waals surface area contributed by atoms with Gasteiger partial charge in [0, 0.05) is 23.9 Å². The highest BCUT2D eigenvalue weighted by atomic mass is 28.4. The fourth-order valence-corrected chi connectivity index (χ4v) is 5.21. The van der Waals surface area contributed by atoms with Crippen molar-refractivity contribution in [3.8, 4) is 0 Å². The zero-order valence-electron chi connectivity index (χ0n) is 24.4. The molecule has 0 radical (unpaired) electrons. The number of esters is 1. The van der Waals surface area contributed by atoms with Gasteiger partial charge in [0.2, 0.25) is 0 Å². The van der Waals surface area contributed by atoms with Gasteiger partial charge < -0.3 is 24.1 Å². The molecule has 6 nitrogen and oxygen atoms in total. The molecule has 0 aromatic carbocycles. The van der Waals surface area contributed by atoms with Gasteiger partial charge in [-0.15, -0.1) is 0 Å². The summed E-state index contributed by atoms with van der Waals surface area (Å²) < 4.78 is 18.2. The van der Waals surface area contributed by atoms with E-state index < -0.39 is 37.5 Å². The van der Waals surface area contributed by atoms with Crippen LogP contribution >= 0.6 is 0 Å². The van der Waals surface area contributed by atoms with Crippen molar-refractivity contribution in [1.82, 2.24) is 0 Å². The lowest BCUT2D eigenvalue weighted by Crippen LogP contribution is -2.53. The molecule has 0 saturated heterocycles. The van der Waals surface area contributed by atoms with Crippen LogP contribution in [0.2, 0.25) is 18.1 Å². The lowest BCUT2D eigenvalue weighted by Gasteiger charge is -2.46. The third-order valence-corrected chi connectivity index (χ3v) is 11.7. The molecular weight excluding hydrogens is 448 g/mol. The highest BCUT2D eigenvalue weighted by Crippen LogP contribution is 2.41. The minimum absolute atomic E-state index is 0.0183. The average molecular weight is 505 g/mol. The van der Waals surface area contributed by atoms with Gasteiger partial charge in [0.25, 0.3) is 0 Å². The molecule has 0 unspecified atom stereocenters. The summed E-state index contributed by atoms with van der Waals surface area (Å²) in [6, 6.07) is 0. The second-order valence-electron chi connectivity index (χ2n) is 13.2. The maximum absolute atomic E-state index is 12.3. The molecule has 0 aliphatic carbocycles. The van der Waals surface area contributed by atoms with Crippen LogP contribution in [0.4, 0.5) is 0 Å². The maximum atomic E-state index is 12.3. The summed E-state index contributed by atoms with van der Waals surface area (Å²) in [4.78, 5) is 12.3. The molecule has 5 atom stereocenters. The summed E-state index contributed by atoms with van der Waals surface area (Å²) in [5.74, 6) is -0.684. The van der Waals surface area contributed by atoms with Crippen molar-refractivity contribution in [2.24, 2.45) is 17.3 Å². The number of aliphatic hydroxyl groups excluding tert-OH is 2. The van der Waals surface area contributed by atoms with Gasteiger partial charge >= 0.3 is 5.97 Å². The van der Waals surface area contributed by atoms with Crippen LogP contribution in [0.1, 0.15) is 95.4 Å². The molecule has 0 bridgehead atoms. The Morgan fingerprint density at radius 3 is 1.94 bits per heavy atom. The van der Waals surface area contributed by atoms with Crippen LogP contribution in [0, 0.1) is 17.3 Å². The van der Waals surface area contributed by atoms with Crippen LogP contribution in [0.3, 0.4) is 0 Å². The van der Waals surface area contributed by atoms with Crippen molar-refractivity contribution in [1.29, 1.82) is 0 Å². The molecule has 204 valence electrons. The van der Waals surface area contributed by atoms with E-state index >= 15 is 0 Å². The topological polar surface area (TPSA) is 85.2 Å². The molecule has 34 heavy (non-hydrogen) atoms. The predicted molar refractivity (Wildman–Crippen MR) is 142 cm³/mol. The Balaban J connectivity index is 5.70. The number of ether oxygens (including phenoxy) is 2. The number of rotatable bonds is 14. The van der Waals surface area contributed by atoms with E-state index in [0.29, 0.717) is 13.2 Å². The Morgan fingerprint density at radius 2 is 1.50 bits per heavy atom. The lowest BCUT2D eigenvalue weighted by molar-refractivity contribution is -0.162. The summed E-state index contributed by atoms with van der Waals surface area (Å²) in [6.07, 6.45) is -0.260. The molecule has 0 amide bonds. The second-order valence-corrected chi connectivity index (χ2v) is 17.9. The van der Waals surface area contributed by atoms with E-state index in [0.717, 1.165) is 12.8 Å². The number of aliphatic hydroxyl groups is 2. The van der Waals surface area contributed by atoms with Gasteiger partial charge in [-0.1, -0.05) is 61.8 Å². The number of hydrogen-bond acceptors (Lipinski definition) is 6. The summed E-state index contributed by atoms with van der Waals surface area (Å²) in [5.41, 5.74) is -1.56. The van der Waals surface area contributed by atoms with E-state index in [-0.39, 0.29) is 29.4 Å². The summed E-state index contributed by atoms with van der Waals surface area (Å²) in [7, 11) is -2.14. The molecule has 0 saturated carbocycles. The van der Waals surface area contributed by atoms with Crippen molar-refractivity contribution >= 4 is 14.3 Å². The van der Waals surface area contributed by atoms with Gasteiger partial charge in [-0.2, -0.15) is 0 Å². The monoisotopic (exact) mass is 504 g/mol. The highest BCUT2D eigenvalue weighted by Gasteiger charge is 2.47. The van der Waals surface area contributed by atoms with Crippen LogP contribution in [0.15, 0.2) is 0 Å². The van der Waals surface area contributed by atoms with Gasteiger partial charge in [0.1, 0.15) is 5.60 Å². The van der Waals surface area contributed by atoms with Crippen molar-refractivity contribution in [2.45, 2.75) is 137 Å². The predicted octanol–water partition coefficient (Wildman–Crippen LogP) is 5.95. The van der Waals surface area contributed by atoms with Gasteiger partial charge in [-0.3, -0.25) is 4.79 Å². The number of unbranched alkanes of at least 4 members (excludes halogenated alkanes) is 1. The van der Waals surface area contributed by atoms with E-state index in [1.807, 2.05) is 6.92 Å². The third kappa shape index (κ3) is 10.6. The molecule has 2 N–H and O–H groups in total. The van der Waals surface area contributed by atoms with Crippen molar-refractivity contribution in [3.63, 3.8) is 0 Å². The molecule has 0 aromatic rings. The quantitative estimate of drug-likeness (QED) is 0.173. The SMILES string of the molecule is CCCCOC[C@H](C)[C@H](O[Si](C)(C)C(C)(C)C)[C@@H](C)[C@H](O)C(C)(C)[C@@H](O)CC(=O)OC(C)(C)C. The minimum Gasteiger partial charge on any atom is -0.460 e. The smallest absolute Gasteiger partial charge is 0.308 e. The second kappa shape index (κ2) is 13.2. The van der Waals surface area contributed by atoms with Crippen LogP contribution < -0.4 is 0 Å². The maximum Gasteiger partial charge on any atom is 0.308 e.